The second-order valence-electron chi connectivity index (χ2n) is 11.8. The summed E-state index contributed by atoms with van der Waals surface area (Å²) in [5, 5.41) is 21.1. The topological polar surface area (TPSA) is 211 Å². The minimum absolute atomic E-state index is 0. The molecule has 0 saturated carbocycles. The Hall–Kier alpha value is -5.77. The summed E-state index contributed by atoms with van der Waals surface area (Å²) in [7, 11) is -12.2. The average molecular weight is 969 g/mol. The third-order valence-electron chi connectivity index (χ3n) is 7.50. The van der Waals surface area contributed by atoms with Crippen LogP contribution in [-0.4, -0.2) is 92.4 Å². The van der Waals surface area contributed by atoms with Crippen LogP contribution in [0.15, 0.2) is 141 Å². The van der Waals surface area contributed by atoms with Crippen molar-refractivity contribution in [2.75, 3.05) is 0 Å². The molecule has 0 aliphatic rings. The summed E-state index contributed by atoms with van der Waals surface area (Å²) in [6, 6.07) is 27.0. The van der Waals surface area contributed by atoms with E-state index in [1.807, 2.05) is 118 Å². The van der Waals surface area contributed by atoms with Gasteiger partial charge in [0, 0.05) is 63.8 Å². The predicted octanol–water partition coefficient (Wildman–Crippen LogP) is 5.39. The molecule has 322 valence electrons. The zero-order valence-electron chi connectivity index (χ0n) is 30.7. The second kappa shape index (κ2) is 20.5. The molecule has 0 fully saturated rings. The normalized spacial score (nSPS) is 11.6. The van der Waals surface area contributed by atoms with E-state index in [4.69, 9.17) is 25.9 Å². The molecule has 0 unspecified atom stereocenters. The minimum Gasteiger partial charge on any atom is -0.741 e. The summed E-state index contributed by atoms with van der Waals surface area (Å²) in [6.07, 6.45) is 20.0. The fourth-order valence-corrected chi connectivity index (χ4v) is 5.11. The Labute approximate surface area is 351 Å². The zero-order valence-corrected chi connectivity index (χ0v) is 33.9. The van der Waals surface area contributed by atoms with Crippen LogP contribution in [-0.2, 0) is 40.7 Å². The van der Waals surface area contributed by atoms with E-state index in [2.05, 4.69) is 66.8 Å². The Morgan fingerprint density at radius 3 is 1.32 bits per heavy atom. The van der Waals surface area contributed by atoms with Crippen LogP contribution in [0, 0.1) is 19.9 Å². The van der Waals surface area contributed by atoms with Gasteiger partial charge in [-0.2, -0.15) is 26.3 Å². The number of nitrogens with zero attached hydrogens (tertiary/aromatic N) is 10. The maximum absolute atomic E-state index is 10.7. The first-order valence-electron chi connectivity index (χ1n) is 16.4. The Morgan fingerprint density at radius 2 is 0.983 bits per heavy atom. The summed E-state index contributed by atoms with van der Waals surface area (Å²) >= 11 is 0. The van der Waals surface area contributed by atoms with Crippen molar-refractivity contribution < 1.29 is 72.7 Å². The summed E-state index contributed by atoms with van der Waals surface area (Å²) in [5.74, 6) is 0. The molecule has 0 spiro atoms. The molecule has 0 aliphatic heterocycles. The fourth-order valence-electron chi connectivity index (χ4n) is 5.11. The van der Waals surface area contributed by atoms with Gasteiger partial charge >= 0.3 is 17.7 Å². The maximum Gasteiger partial charge on any atom is 0.485 e. The van der Waals surface area contributed by atoms with Crippen LogP contribution >= 0.6 is 0 Å². The number of hydrogen-bond donors (Lipinski definition) is 0. The van der Waals surface area contributed by atoms with Gasteiger partial charge in [0.05, 0.1) is 0 Å². The van der Waals surface area contributed by atoms with E-state index in [1.54, 1.807) is 24.8 Å². The van der Waals surface area contributed by atoms with Gasteiger partial charge in [-0.25, -0.2) is 37.2 Å². The van der Waals surface area contributed by atoms with Gasteiger partial charge in [-0.3, -0.25) is 4.98 Å². The van der Waals surface area contributed by atoms with Crippen LogP contribution in [0.1, 0.15) is 11.1 Å². The third-order valence-corrected chi connectivity index (χ3v) is 8.64. The standard InChI is InChI=1S/C13H8N.C12H12BN8.C7H9N.2CHF3O3S.Pd/c1-2-6-12-10(4-1)7-8-11-5-3-9-14-13(11)12;1-5-14-18(9-1)13(19-10-2-6-15-19,20-11-3-7-16-20)21-12-4-8-17-21;1-6-3-7(2)5-8-4-6;2*2-1(3,4)8(5,6)7;/h1-5,7-9H;1-12H;3-5H,1-2H3;2*(H,5,6,7);/q2*-1;;;;/p-2. The molecule has 0 radical (unpaired) electrons. The first-order chi connectivity index (χ1) is 27.7. The number of alkyl halides is 6. The van der Waals surface area contributed by atoms with Crippen molar-refractivity contribution in [3.05, 3.63) is 158 Å². The van der Waals surface area contributed by atoms with Crippen molar-refractivity contribution in [2.24, 2.45) is 0 Å². The van der Waals surface area contributed by atoms with Crippen molar-refractivity contribution in [3.8, 4) is 0 Å². The van der Waals surface area contributed by atoms with Crippen LogP contribution in [0.5, 0.6) is 0 Å². The van der Waals surface area contributed by atoms with E-state index < -0.39 is 37.9 Å². The summed E-state index contributed by atoms with van der Waals surface area (Å²) in [6.45, 7) is 2.25. The molecule has 0 saturated heterocycles. The molecule has 0 amide bonds. The van der Waals surface area contributed by atoms with Crippen molar-refractivity contribution in [2.45, 2.75) is 24.9 Å². The van der Waals surface area contributed by atoms with Crippen molar-refractivity contribution in [3.63, 3.8) is 0 Å². The van der Waals surface area contributed by atoms with Gasteiger partial charge in [0.2, 0.25) is 0 Å². The number of hydrogen-bond acceptors (Lipinski definition) is 12. The number of halogens is 6. The Kier molecular flexibility index (Phi) is 16.6. The van der Waals surface area contributed by atoms with E-state index >= 15 is 0 Å². The van der Waals surface area contributed by atoms with Gasteiger partial charge in [-0.1, -0.05) is 24.3 Å². The fraction of sp³-hybridized carbons (Fsp3) is 0.118. The second-order valence-corrected chi connectivity index (χ2v) is 14.5. The van der Waals surface area contributed by atoms with Gasteiger partial charge < -0.3 is 32.5 Å². The molecule has 0 aliphatic carbocycles. The predicted molar refractivity (Wildman–Crippen MR) is 200 cm³/mol. The molecule has 0 bridgehead atoms. The molecule has 8 rings (SSSR count). The molecule has 8 aromatic rings. The largest absolute Gasteiger partial charge is 0.741 e. The van der Waals surface area contributed by atoms with Crippen molar-refractivity contribution in [1.82, 2.24) is 48.7 Å². The van der Waals surface area contributed by atoms with Crippen LogP contribution in [0.2, 0.25) is 0 Å². The minimum atomic E-state index is -6.09. The third kappa shape index (κ3) is 12.4. The quantitative estimate of drug-likeness (QED) is 0.0543. The molecule has 2 aromatic carbocycles. The number of fused-ring (bicyclic) bond motifs is 3. The molecule has 0 atom stereocenters. The van der Waals surface area contributed by atoms with Gasteiger partial charge in [0.15, 0.2) is 20.2 Å². The smallest absolute Gasteiger partial charge is 0.485 e. The van der Waals surface area contributed by atoms with Crippen molar-refractivity contribution in [1.29, 1.82) is 0 Å². The summed E-state index contributed by atoms with van der Waals surface area (Å²) in [5.41, 5.74) is -7.80. The SMILES string of the molecule is Cc1cncc(C)c1.O=S(=O)([O-])C(F)(F)F.O=S(=O)([O-])C(F)(F)F.[Pd].[c-]1cccc2ccc3cccnc3c12.c1cnn([B-](n2cccn2)(n2cccn2)n2cccn2)c1. The number of pyridine rings is 2. The molecule has 26 heteroatoms. The molecular formula is C34H29BF6N10O6PdS2-4. The van der Waals surface area contributed by atoms with Gasteiger partial charge in [-0.05, 0) is 91.0 Å². The number of aryl methyl sites for hydroxylation is 2. The maximum atomic E-state index is 10.7. The van der Waals surface area contributed by atoms with E-state index in [0.29, 0.717) is 0 Å². The molecule has 60 heavy (non-hydrogen) atoms. The number of rotatable bonds is 4. The number of benzene rings is 2. The number of aromatic nitrogens is 10. The van der Waals surface area contributed by atoms with E-state index in [0.717, 1.165) is 10.9 Å². The first-order valence-corrected chi connectivity index (χ1v) is 19.2. The first kappa shape index (κ1) is 48.6. The van der Waals surface area contributed by atoms with Crippen molar-refractivity contribution >= 4 is 48.6 Å². The summed E-state index contributed by atoms with van der Waals surface area (Å²) in [4.78, 5) is 8.36. The van der Waals surface area contributed by atoms with E-state index in [1.165, 1.54) is 21.9 Å². The molecule has 0 N–H and O–H groups in total. The van der Waals surface area contributed by atoms with Crippen LogP contribution in [0.25, 0.3) is 21.7 Å². The van der Waals surface area contributed by atoms with Crippen LogP contribution in [0.3, 0.4) is 0 Å². The Balaban J connectivity index is 0.000000215. The Morgan fingerprint density at radius 1 is 0.600 bits per heavy atom. The molecular weight excluding hydrogens is 940 g/mol. The zero-order chi connectivity index (χ0) is 43.5. The molecule has 6 aromatic heterocycles. The summed E-state index contributed by atoms with van der Waals surface area (Å²) < 4.78 is 125. The monoisotopic (exact) mass is 968 g/mol. The molecule has 6 heterocycles. The average Bonchev–Trinajstić information content (AvgIpc) is 4.01. The molecule has 16 nitrogen and oxygen atoms in total. The van der Waals surface area contributed by atoms with Crippen LogP contribution in [0.4, 0.5) is 26.3 Å². The van der Waals surface area contributed by atoms with E-state index in [9.17, 15) is 26.3 Å². The van der Waals surface area contributed by atoms with E-state index in [-0.39, 0.29) is 20.4 Å². The van der Waals surface area contributed by atoms with Crippen LogP contribution < -0.4 is 0 Å². The van der Waals surface area contributed by atoms with Gasteiger partial charge in [0.25, 0.3) is 0 Å². The Bertz CT molecular complexity index is 2490. The van der Waals surface area contributed by atoms with Gasteiger partial charge in [-0.15, -0.1) is 35.0 Å². The van der Waals surface area contributed by atoms with Gasteiger partial charge in [0.1, 0.15) is 0 Å².